The highest BCUT2D eigenvalue weighted by molar-refractivity contribution is 5.68. The molecule has 4 aromatic rings. The summed E-state index contributed by atoms with van der Waals surface area (Å²) in [6.07, 6.45) is 5.84. The molecule has 1 saturated carbocycles. The van der Waals surface area contributed by atoms with Crippen molar-refractivity contribution >= 4 is 16.9 Å². The van der Waals surface area contributed by atoms with Crippen LogP contribution >= 0.6 is 0 Å². The van der Waals surface area contributed by atoms with Gasteiger partial charge in [-0.15, -0.1) is 0 Å². The molecule has 4 aromatic heterocycles. The number of halogens is 1. The SMILES string of the molecule is Cn1cnc2ncn(Cc3nc(C4[C@H]5CN(c6ccncc6F)C[C@@H]45)no3)c(=O)c21. The summed E-state index contributed by atoms with van der Waals surface area (Å²) in [5.74, 6) is 1.66. The lowest BCUT2D eigenvalue weighted by molar-refractivity contribution is 0.363. The first-order valence-electron chi connectivity index (χ1n) is 9.63. The average molecular weight is 408 g/mol. The second-order valence-electron chi connectivity index (χ2n) is 7.84. The van der Waals surface area contributed by atoms with Crippen molar-refractivity contribution in [1.82, 2.24) is 34.2 Å². The average Bonchev–Trinajstić information content (AvgIpc) is 3.16. The van der Waals surface area contributed by atoms with Gasteiger partial charge in [0.25, 0.3) is 5.56 Å². The molecule has 30 heavy (non-hydrogen) atoms. The quantitative estimate of drug-likeness (QED) is 0.491. The zero-order valence-corrected chi connectivity index (χ0v) is 16.0. The smallest absolute Gasteiger partial charge is 0.280 e. The summed E-state index contributed by atoms with van der Waals surface area (Å²) in [6, 6.07) is 1.70. The Morgan fingerprint density at radius 1 is 1.23 bits per heavy atom. The Morgan fingerprint density at radius 3 is 2.83 bits per heavy atom. The highest BCUT2D eigenvalue weighted by atomic mass is 19.1. The molecular formula is C19H17FN8O2. The van der Waals surface area contributed by atoms with Crippen molar-refractivity contribution in [2.24, 2.45) is 18.9 Å². The molecule has 2 fully saturated rings. The zero-order chi connectivity index (χ0) is 20.4. The third-order valence-corrected chi connectivity index (χ3v) is 6.07. The molecule has 0 spiro atoms. The molecule has 0 N–H and O–H groups in total. The van der Waals surface area contributed by atoms with Crippen molar-refractivity contribution in [2.75, 3.05) is 18.0 Å². The highest BCUT2D eigenvalue weighted by Crippen LogP contribution is 2.58. The number of aryl methyl sites for hydroxylation is 1. The number of aromatic nitrogens is 7. The van der Waals surface area contributed by atoms with Crippen LogP contribution in [0.2, 0.25) is 0 Å². The minimum atomic E-state index is -0.304. The Balaban J connectivity index is 1.18. The van der Waals surface area contributed by atoms with E-state index < -0.39 is 0 Å². The van der Waals surface area contributed by atoms with Gasteiger partial charge in [0.2, 0.25) is 5.89 Å². The van der Waals surface area contributed by atoms with Crippen LogP contribution in [0.3, 0.4) is 0 Å². The van der Waals surface area contributed by atoms with Gasteiger partial charge in [-0.25, -0.2) is 14.4 Å². The summed E-state index contributed by atoms with van der Waals surface area (Å²) >= 11 is 0. The first-order valence-corrected chi connectivity index (χ1v) is 9.63. The molecule has 11 heteroatoms. The Hall–Kier alpha value is -3.63. The minimum absolute atomic E-state index is 0.149. The third-order valence-electron chi connectivity index (χ3n) is 6.07. The zero-order valence-electron chi connectivity index (χ0n) is 16.0. The van der Waals surface area contributed by atoms with Crippen molar-refractivity contribution in [3.63, 3.8) is 0 Å². The molecule has 6 rings (SSSR count). The standard InChI is InChI=1S/C19H17FN8O2/c1-26-8-22-18-16(26)19(29)28(9-23-18)7-14-24-17(25-30-14)15-10-5-27(6-11(10)15)13-2-3-21-4-12(13)20/h2-4,8-11,15H,5-7H2,1H3/t10-,11+,15?. The number of nitrogens with zero attached hydrogens (tertiary/aromatic N) is 8. The van der Waals surface area contributed by atoms with Gasteiger partial charge in [-0.2, -0.15) is 4.98 Å². The van der Waals surface area contributed by atoms with Crippen molar-refractivity contribution in [1.29, 1.82) is 0 Å². The summed E-state index contributed by atoms with van der Waals surface area (Å²) in [4.78, 5) is 31.3. The van der Waals surface area contributed by atoms with Crippen LogP contribution < -0.4 is 10.5 Å². The Morgan fingerprint density at radius 2 is 2.03 bits per heavy atom. The van der Waals surface area contributed by atoms with Gasteiger partial charge in [0, 0.05) is 32.3 Å². The van der Waals surface area contributed by atoms with E-state index in [1.165, 1.54) is 17.1 Å². The van der Waals surface area contributed by atoms with Crippen LogP contribution in [0, 0.1) is 17.7 Å². The van der Waals surface area contributed by atoms with Crippen LogP contribution in [0.25, 0.3) is 11.2 Å². The van der Waals surface area contributed by atoms with Crippen LogP contribution in [0.4, 0.5) is 10.1 Å². The number of hydrogen-bond donors (Lipinski definition) is 0. The van der Waals surface area contributed by atoms with Crippen molar-refractivity contribution < 1.29 is 8.91 Å². The predicted octanol–water partition coefficient (Wildman–Crippen LogP) is 0.945. The molecule has 1 aliphatic heterocycles. The van der Waals surface area contributed by atoms with Gasteiger partial charge in [0.1, 0.15) is 12.9 Å². The molecule has 1 saturated heterocycles. The van der Waals surface area contributed by atoms with Crippen LogP contribution in [0.1, 0.15) is 17.6 Å². The number of anilines is 1. The fourth-order valence-corrected chi connectivity index (χ4v) is 4.53. The number of piperidine rings is 1. The van der Waals surface area contributed by atoms with Gasteiger partial charge in [-0.05, 0) is 17.9 Å². The van der Waals surface area contributed by atoms with Gasteiger partial charge in [-0.1, -0.05) is 5.16 Å². The lowest BCUT2D eigenvalue weighted by Crippen LogP contribution is -2.24. The summed E-state index contributed by atoms with van der Waals surface area (Å²) in [5, 5.41) is 4.13. The maximum absolute atomic E-state index is 14.0. The Bertz CT molecular complexity index is 1320. The summed E-state index contributed by atoms with van der Waals surface area (Å²) < 4.78 is 22.4. The first kappa shape index (κ1) is 17.2. The van der Waals surface area contributed by atoms with Crippen molar-refractivity contribution in [2.45, 2.75) is 12.5 Å². The number of rotatable bonds is 4. The van der Waals surface area contributed by atoms with Gasteiger partial charge in [-0.3, -0.25) is 14.3 Å². The third kappa shape index (κ3) is 2.54. The number of pyridine rings is 1. The largest absolute Gasteiger partial charge is 0.368 e. The fraction of sp³-hybridized carbons (Fsp3) is 0.368. The molecule has 0 amide bonds. The van der Waals surface area contributed by atoms with E-state index in [0.717, 1.165) is 13.1 Å². The van der Waals surface area contributed by atoms with E-state index in [-0.39, 0.29) is 23.8 Å². The van der Waals surface area contributed by atoms with Crippen LogP contribution in [0.5, 0.6) is 0 Å². The summed E-state index contributed by atoms with van der Waals surface area (Å²) in [5.41, 5.74) is 1.21. The molecule has 1 aliphatic carbocycles. The predicted molar refractivity (Wildman–Crippen MR) is 102 cm³/mol. The van der Waals surface area contributed by atoms with Gasteiger partial charge < -0.3 is 14.0 Å². The second-order valence-corrected chi connectivity index (χ2v) is 7.84. The molecule has 0 aromatic carbocycles. The maximum Gasteiger partial charge on any atom is 0.280 e. The number of imidazole rings is 1. The maximum atomic E-state index is 14.0. The lowest BCUT2D eigenvalue weighted by Gasteiger charge is -2.21. The van der Waals surface area contributed by atoms with Crippen LogP contribution in [0.15, 0.2) is 40.4 Å². The molecule has 3 atom stereocenters. The lowest BCUT2D eigenvalue weighted by atomic mass is 10.2. The molecule has 152 valence electrons. The van der Waals surface area contributed by atoms with E-state index in [4.69, 9.17) is 4.52 Å². The van der Waals surface area contributed by atoms with E-state index in [1.807, 2.05) is 4.90 Å². The first-order chi connectivity index (χ1) is 14.6. The topological polar surface area (TPSA) is 108 Å². The van der Waals surface area contributed by atoms with E-state index in [2.05, 4.69) is 25.1 Å². The highest BCUT2D eigenvalue weighted by Gasteiger charge is 2.58. The number of hydrogen-bond acceptors (Lipinski definition) is 8. The van der Waals surface area contributed by atoms with E-state index in [1.54, 1.807) is 30.2 Å². The van der Waals surface area contributed by atoms with E-state index in [9.17, 15) is 9.18 Å². The van der Waals surface area contributed by atoms with Gasteiger partial charge >= 0.3 is 0 Å². The molecule has 1 unspecified atom stereocenters. The molecule has 0 bridgehead atoms. The molecule has 0 radical (unpaired) electrons. The van der Waals surface area contributed by atoms with Gasteiger partial charge in [0.15, 0.2) is 22.8 Å². The normalized spacial score (nSPS) is 22.6. The van der Waals surface area contributed by atoms with Crippen LogP contribution in [-0.4, -0.2) is 47.3 Å². The minimum Gasteiger partial charge on any atom is -0.368 e. The number of fused-ring (bicyclic) bond motifs is 2. The monoisotopic (exact) mass is 408 g/mol. The fourth-order valence-electron chi connectivity index (χ4n) is 4.53. The van der Waals surface area contributed by atoms with E-state index in [0.29, 0.717) is 40.4 Å². The van der Waals surface area contributed by atoms with Gasteiger partial charge in [0.05, 0.1) is 18.2 Å². The molecular weight excluding hydrogens is 391 g/mol. The summed E-state index contributed by atoms with van der Waals surface area (Å²) in [6.45, 7) is 1.65. The van der Waals surface area contributed by atoms with Crippen molar-refractivity contribution in [3.05, 3.63) is 59.0 Å². The molecule has 5 heterocycles. The van der Waals surface area contributed by atoms with Crippen LogP contribution in [-0.2, 0) is 13.6 Å². The molecule has 10 nitrogen and oxygen atoms in total. The van der Waals surface area contributed by atoms with E-state index >= 15 is 0 Å². The van der Waals surface area contributed by atoms with Crippen molar-refractivity contribution in [3.8, 4) is 0 Å². The Labute approximate surface area is 169 Å². The second kappa shape index (κ2) is 6.18. The summed E-state index contributed by atoms with van der Waals surface area (Å²) in [7, 11) is 1.75. The molecule has 2 aliphatic rings. The Kier molecular flexibility index (Phi) is 3.55.